The number of carbonyl (C=O) groups is 1. The van der Waals surface area contributed by atoms with E-state index in [9.17, 15) is 4.79 Å². The number of amides is 2. The molecule has 92 valence electrons. The predicted octanol–water partition coefficient (Wildman–Crippen LogP) is -0.306. The smallest absolute Gasteiger partial charge is 0.315 e. The highest BCUT2D eigenvalue weighted by Gasteiger charge is 2.25. The lowest BCUT2D eigenvalue weighted by atomic mass is 10.2. The minimum absolute atomic E-state index is 0.0101. The van der Waals surface area contributed by atoms with Crippen molar-refractivity contribution in [2.75, 3.05) is 40.3 Å². The van der Waals surface area contributed by atoms with Crippen molar-refractivity contribution in [3.63, 3.8) is 0 Å². The minimum atomic E-state index is -0.0101. The van der Waals surface area contributed by atoms with E-state index >= 15 is 0 Å². The fraction of sp³-hybridized carbons (Fsp3) is 0.909. The molecule has 1 heterocycles. The largest absolute Gasteiger partial charge is 0.337 e. The lowest BCUT2D eigenvalue weighted by molar-refractivity contribution is 0.114. The molecule has 0 bridgehead atoms. The molecule has 1 atom stereocenters. The van der Waals surface area contributed by atoms with Gasteiger partial charge in [-0.15, -0.1) is 0 Å². The molecule has 2 amide bonds. The van der Waals surface area contributed by atoms with Gasteiger partial charge in [-0.1, -0.05) is 0 Å². The molecular formula is C11H22N4O. The van der Waals surface area contributed by atoms with E-state index in [-0.39, 0.29) is 6.03 Å². The van der Waals surface area contributed by atoms with Gasteiger partial charge in [0.1, 0.15) is 0 Å². The Bertz CT molecular complexity index is 254. The third-order valence-electron chi connectivity index (χ3n) is 3.39. The highest BCUT2D eigenvalue weighted by atomic mass is 16.2. The van der Waals surface area contributed by atoms with Crippen LogP contribution in [0.5, 0.6) is 0 Å². The molecule has 0 spiro atoms. The first-order chi connectivity index (χ1) is 7.65. The minimum Gasteiger partial charge on any atom is -0.337 e. The van der Waals surface area contributed by atoms with Gasteiger partial charge < -0.3 is 15.5 Å². The normalized spacial score (nSPS) is 27.8. The molecular weight excluding hydrogens is 204 g/mol. The van der Waals surface area contributed by atoms with Gasteiger partial charge in [-0.3, -0.25) is 4.90 Å². The average molecular weight is 226 g/mol. The SMILES string of the molecule is CN1CCN(C)C(CNC(=O)NC2CC2)C1. The molecule has 5 heteroatoms. The molecule has 0 radical (unpaired) electrons. The Morgan fingerprint density at radius 3 is 2.75 bits per heavy atom. The second-order valence-corrected chi connectivity index (χ2v) is 5.03. The maximum Gasteiger partial charge on any atom is 0.315 e. The summed E-state index contributed by atoms with van der Waals surface area (Å²) in [6.45, 7) is 3.95. The van der Waals surface area contributed by atoms with Crippen LogP contribution in [-0.4, -0.2) is 68.2 Å². The number of nitrogens with zero attached hydrogens (tertiary/aromatic N) is 2. The van der Waals surface area contributed by atoms with Crippen LogP contribution in [0.3, 0.4) is 0 Å². The molecule has 1 saturated carbocycles. The van der Waals surface area contributed by atoms with E-state index in [1.807, 2.05) is 0 Å². The summed E-state index contributed by atoms with van der Waals surface area (Å²) in [5.41, 5.74) is 0. The fourth-order valence-corrected chi connectivity index (χ4v) is 2.00. The zero-order valence-electron chi connectivity index (χ0n) is 10.2. The summed E-state index contributed by atoms with van der Waals surface area (Å²) in [6.07, 6.45) is 2.28. The highest BCUT2D eigenvalue weighted by molar-refractivity contribution is 5.74. The molecule has 2 aliphatic rings. The topological polar surface area (TPSA) is 47.6 Å². The maximum absolute atomic E-state index is 11.5. The number of likely N-dealkylation sites (N-methyl/N-ethyl adjacent to an activating group) is 2. The fourth-order valence-electron chi connectivity index (χ4n) is 2.00. The van der Waals surface area contributed by atoms with Crippen LogP contribution in [0.2, 0.25) is 0 Å². The first-order valence-electron chi connectivity index (χ1n) is 6.08. The van der Waals surface area contributed by atoms with Crippen LogP contribution >= 0.6 is 0 Å². The van der Waals surface area contributed by atoms with E-state index in [1.54, 1.807) is 0 Å². The Balaban J connectivity index is 1.68. The van der Waals surface area contributed by atoms with E-state index in [0.717, 1.165) is 39.0 Å². The molecule has 2 fully saturated rings. The van der Waals surface area contributed by atoms with Crippen molar-refractivity contribution in [2.45, 2.75) is 24.9 Å². The van der Waals surface area contributed by atoms with Gasteiger partial charge in [0.2, 0.25) is 0 Å². The third-order valence-corrected chi connectivity index (χ3v) is 3.39. The van der Waals surface area contributed by atoms with Crippen molar-refractivity contribution in [2.24, 2.45) is 0 Å². The Hall–Kier alpha value is -0.810. The van der Waals surface area contributed by atoms with Gasteiger partial charge in [-0.05, 0) is 26.9 Å². The van der Waals surface area contributed by atoms with E-state index in [4.69, 9.17) is 0 Å². The second kappa shape index (κ2) is 5.01. The first-order valence-corrected chi connectivity index (χ1v) is 6.08. The summed E-state index contributed by atoms with van der Waals surface area (Å²) in [7, 11) is 4.25. The van der Waals surface area contributed by atoms with Crippen LogP contribution in [0, 0.1) is 0 Å². The summed E-state index contributed by atoms with van der Waals surface area (Å²) < 4.78 is 0. The highest BCUT2D eigenvalue weighted by Crippen LogP contribution is 2.18. The molecule has 2 rings (SSSR count). The van der Waals surface area contributed by atoms with Crippen molar-refractivity contribution < 1.29 is 4.79 Å². The lowest BCUT2D eigenvalue weighted by Crippen LogP contribution is -2.55. The van der Waals surface area contributed by atoms with E-state index < -0.39 is 0 Å². The van der Waals surface area contributed by atoms with Crippen LogP contribution in [0.15, 0.2) is 0 Å². The van der Waals surface area contributed by atoms with Crippen LogP contribution in [0.4, 0.5) is 4.79 Å². The number of nitrogens with one attached hydrogen (secondary N) is 2. The van der Waals surface area contributed by atoms with Gasteiger partial charge in [0.05, 0.1) is 0 Å². The molecule has 1 aliphatic carbocycles. The van der Waals surface area contributed by atoms with Gasteiger partial charge in [-0.25, -0.2) is 4.79 Å². The third kappa shape index (κ3) is 3.35. The first kappa shape index (κ1) is 11.7. The summed E-state index contributed by atoms with van der Waals surface area (Å²) in [4.78, 5) is 16.1. The van der Waals surface area contributed by atoms with Crippen LogP contribution < -0.4 is 10.6 Å². The molecule has 5 nitrogen and oxygen atoms in total. The second-order valence-electron chi connectivity index (χ2n) is 5.03. The zero-order valence-corrected chi connectivity index (χ0v) is 10.2. The number of hydrogen-bond donors (Lipinski definition) is 2. The summed E-state index contributed by atoms with van der Waals surface area (Å²) >= 11 is 0. The van der Waals surface area contributed by atoms with Gasteiger partial charge in [-0.2, -0.15) is 0 Å². The quantitative estimate of drug-likeness (QED) is 0.694. The molecule has 1 aliphatic heterocycles. The molecule has 1 unspecified atom stereocenters. The summed E-state index contributed by atoms with van der Waals surface area (Å²) in [5, 5.41) is 5.89. The Kier molecular flexibility index (Phi) is 3.66. The average Bonchev–Trinajstić information content (AvgIpc) is 3.03. The van der Waals surface area contributed by atoms with Gasteiger partial charge in [0.25, 0.3) is 0 Å². The van der Waals surface area contributed by atoms with Crippen LogP contribution in [0.25, 0.3) is 0 Å². The zero-order chi connectivity index (χ0) is 11.5. The number of rotatable bonds is 3. The Morgan fingerprint density at radius 1 is 1.31 bits per heavy atom. The van der Waals surface area contributed by atoms with Gasteiger partial charge in [0.15, 0.2) is 0 Å². The van der Waals surface area contributed by atoms with E-state index in [2.05, 4.69) is 34.5 Å². The molecule has 2 N–H and O–H groups in total. The lowest BCUT2D eigenvalue weighted by Gasteiger charge is -2.37. The van der Waals surface area contributed by atoms with Crippen LogP contribution in [-0.2, 0) is 0 Å². The molecule has 16 heavy (non-hydrogen) atoms. The Labute approximate surface area is 97.2 Å². The van der Waals surface area contributed by atoms with Crippen LogP contribution in [0.1, 0.15) is 12.8 Å². The molecule has 0 aromatic heterocycles. The van der Waals surface area contributed by atoms with Gasteiger partial charge >= 0.3 is 6.03 Å². The maximum atomic E-state index is 11.5. The Morgan fingerprint density at radius 2 is 2.06 bits per heavy atom. The molecule has 0 aromatic rings. The van der Waals surface area contributed by atoms with E-state index in [1.165, 1.54) is 0 Å². The van der Waals surface area contributed by atoms with E-state index in [0.29, 0.717) is 12.1 Å². The van der Waals surface area contributed by atoms with Gasteiger partial charge in [0, 0.05) is 38.3 Å². The summed E-state index contributed by atoms with van der Waals surface area (Å²) in [5.74, 6) is 0. The number of hydrogen-bond acceptors (Lipinski definition) is 3. The van der Waals surface area contributed by atoms with Crippen molar-refractivity contribution in [3.05, 3.63) is 0 Å². The monoisotopic (exact) mass is 226 g/mol. The standard InChI is InChI=1S/C11H22N4O/c1-14-5-6-15(2)10(8-14)7-12-11(16)13-9-3-4-9/h9-10H,3-8H2,1-2H3,(H2,12,13,16). The molecule has 0 aromatic carbocycles. The van der Waals surface area contributed by atoms with Crippen molar-refractivity contribution in [1.82, 2.24) is 20.4 Å². The number of urea groups is 1. The number of carbonyl (C=O) groups excluding carboxylic acids is 1. The van der Waals surface area contributed by atoms with Crippen molar-refractivity contribution in [1.29, 1.82) is 0 Å². The van der Waals surface area contributed by atoms with Crippen molar-refractivity contribution >= 4 is 6.03 Å². The number of piperazine rings is 1. The summed E-state index contributed by atoms with van der Waals surface area (Å²) in [6, 6.07) is 0.861. The molecule has 1 saturated heterocycles. The predicted molar refractivity (Wildman–Crippen MR) is 63.5 cm³/mol. The van der Waals surface area contributed by atoms with Crippen molar-refractivity contribution in [3.8, 4) is 0 Å².